The van der Waals surface area contributed by atoms with Crippen molar-refractivity contribution in [2.45, 2.75) is 51.9 Å². The molecule has 4 aromatic rings. The van der Waals surface area contributed by atoms with Crippen molar-refractivity contribution >= 4 is 16.7 Å². The van der Waals surface area contributed by atoms with Crippen molar-refractivity contribution in [3.8, 4) is 11.6 Å². The third-order valence-corrected chi connectivity index (χ3v) is 4.16. The summed E-state index contributed by atoms with van der Waals surface area (Å²) < 4.78 is 139. The molecule has 0 unspecified atom stereocenters. The molecule has 17 heteroatoms. The van der Waals surface area contributed by atoms with Gasteiger partial charge < -0.3 is 4.42 Å². The fourth-order valence-corrected chi connectivity index (χ4v) is 2.66. The van der Waals surface area contributed by atoms with Crippen molar-refractivity contribution in [1.82, 2.24) is 29.5 Å². The van der Waals surface area contributed by atoms with Crippen molar-refractivity contribution in [1.29, 1.82) is 0 Å². The lowest BCUT2D eigenvalue weighted by Crippen LogP contribution is -2.39. The Kier molecular flexibility index (Phi) is 7.85. The average molecular weight is 534 g/mol. The number of halogens is 10. The van der Waals surface area contributed by atoms with Gasteiger partial charge in [0.05, 0.1) is 0 Å². The summed E-state index contributed by atoms with van der Waals surface area (Å²) in [5.41, 5.74) is -3.97. The Hall–Kier alpha value is -3.53. The summed E-state index contributed by atoms with van der Waals surface area (Å²) >= 11 is 0. The summed E-state index contributed by atoms with van der Waals surface area (Å²) in [5, 5.41) is 5.67. The van der Waals surface area contributed by atoms with E-state index in [9.17, 15) is 43.9 Å². The summed E-state index contributed by atoms with van der Waals surface area (Å²) in [7, 11) is 0. The van der Waals surface area contributed by atoms with Crippen LogP contribution in [-0.2, 0) is 11.8 Å². The molecule has 0 aliphatic rings. The number of pyridine rings is 1. The Bertz CT molecular complexity index is 1310. The lowest BCUT2D eigenvalue weighted by molar-refractivity contribution is -0.296. The van der Waals surface area contributed by atoms with E-state index >= 15 is 0 Å². The molecule has 0 radical (unpaired) electrons. The second-order valence-electron chi connectivity index (χ2n) is 6.21. The minimum atomic E-state index is -6.39. The van der Waals surface area contributed by atoms with Crippen LogP contribution >= 0.6 is 0 Å². The molecule has 0 aliphatic heterocycles. The summed E-state index contributed by atoms with van der Waals surface area (Å²) in [4.78, 5) is 9.16. The van der Waals surface area contributed by atoms with Crippen LogP contribution < -0.4 is 0 Å². The van der Waals surface area contributed by atoms with E-state index in [4.69, 9.17) is 4.42 Å². The highest BCUT2D eigenvalue weighted by molar-refractivity contribution is 5.82. The number of hydrogen-bond donors (Lipinski definition) is 0. The highest BCUT2D eigenvalue weighted by atomic mass is 19.4. The van der Waals surface area contributed by atoms with E-state index in [2.05, 4.69) is 25.1 Å². The monoisotopic (exact) mass is 534 g/mol. The van der Waals surface area contributed by atoms with Gasteiger partial charge in [0.15, 0.2) is 0 Å². The second kappa shape index (κ2) is 9.85. The summed E-state index contributed by atoms with van der Waals surface area (Å²) in [6, 6.07) is 1.48. The maximum absolute atomic E-state index is 14.1. The Morgan fingerprint density at radius 2 is 1.33 bits per heavy atom. The van der Waals surface area contributed by atoms with Gasteiger partial charge in [0.25, 0.3) is 5.89 Å². The Morgan fingerprint density at radius 3 is 1.83 bits per heavy atom. The lowest BCUT2D eigenvalue weighted by atomic mass is 10.1. The molecule has 0 saturated heterocycles. The van der Waals surface area contributed by atoms with Gasteiger partial charge in [0.1, 0.15) is 22.7 Å². The molecule has 0 saturated carbocycles. The molecule has 0 N–H and O–H groups in total. The minimum Gasteiger partial charge on any atom is -0.422 e. The minimum absolute atomic E-state index is 0.193. The fourth-order valence-electron chi connectivity index (χ4n) is 2.66. The van der Waals surface area contributed by atoms with E-state index in [1.807, 2.05) is 27.7 Å². The molecule has 36 heavy (non-hydrogen) atoms. The highest BCUT2D eigenvalue weighted by Crippen LogP contribution is 2.48. The summed E-state index contributed by atoms with van der Waals surface area (Å²) in [6.07, 6.45) is -11.0. The molecule has 0 atom stereocenters. The molecule has 7 nitrogen and oxygen atoms in total. The summed E-state index contributed by atoms with van der Waals surface area (Å²) in [5.74, 6) is -14.7. The van der Waals surface area contributed by atoms with E-state index in [0.29, 0.717) is 10.5 Å². The Morgan fingerprint density at radius 1 is 0.750 bits per heavy atom. The van der Waals surface area contributed by atoms with Crippen LogP contribution in [0.2, 0.25) is 0 Å². The van der Waals surface area contributed by atoms with Crippen molar-refractivity contribution in [3.05, 3.63) is 36.2 Å². The highest BCUT2D eigenvalue weighted by Gasteiger charge is 2.64. The first-order chi connectivity index (χ1) is 16.6. The van der Waals surface area contributed by atoms with Crippen LogP contribution in [0.4, 0.5) is 43.9 Å². The molecule has 0 bridgehead atoms. The largest absolute Gasteiger partial charge is 0.461 e. The molecular weight excluding hydrogens is 518 g/mol. The van der Waals surface area contributed by atoms with Crippen LogP contribution in [0.5, 0.6) is 0 Å². The van der Waals surface area contributed by atoms with Crippen molar-refractivity contribution in [3.63, 3.8) is 0 Å². The van der Waals surface area contributed by atoms with Gasteiger partial charge >= 0.3 is 24.2 Å². The molecule has 4 rings (SSSR count). The predicted molar refractivity (Wildman–Crippen MR) is 104 cm³/mol. The Labute approximate surface area is 195 Å². The van der Waals surface area contributed by atoms with Gasteiger partial charge in [-0.3, -0.25) is 4.40 Å². The van der Waals surface area contributed by atoms with Crippen LogP contribution in [0, 0.1) is 0 Å². The third-order valence-electron chi connectivity index (χ3n) is 4.16. The first-order valence-electron chi connectivity index (χ1n) is 10.0. The van der Waals surface area contributed by atoms with Crippen molar-refractivity contribution in [2.24, 2.45) is 0 Å². The van der Waals surface area contributed by atoms with Crippen LogP contribution in [-0.4, -0.2) is 41.9 Å². The molecule has 0 amide bonds. The summed E-state index contributed by atoms with van der Waals surface area (Å²) in [6.45, 7) is 8.00. The first-order valence-corrected chi connectivity index (χ1v) is 10.0. The van der Waals surface area contributed by atoms with Gasteiger partial charge in [-0.2, -0.15) is 43.9 Å². The molecule has 0 aromatic carbocycles. The number of imidazole rings is 1. The van der Waals surface area contributed by atoms with Gasteiger partial charge in [0, 0.05) is 11.6 Å². The number of rotatable bonds is 3. The Balaban J connectivity index is 0.00000109. The first kappa shape index (κ1) is 28.7. The van der Waals surface area contributed by atoms with E-state index in [1.165, 1.54) is 0 Å². The zero-order chi connectivity index (χ0) is 27.7. The van der Waals surface area contributed by atoms with Gasteiger partial charge in [-0.25, -0.2) is 15.0 Å². The van der Waals surface area contributed by atoms with Crippen LogP contribution in [0.15, 0.2) is 29.1 Å². The molecule has 0 fully saturated rings. The topological polar surface area (TPSA) is 82.0 Å². The lowest BCUT2D eigenvalue weighted by Gasteiger charge is -2.23. The molecule has 4 aromatic heterocycles. The third kappa shape index (κ3) is 4.77. The van der Waals surface area contributed by atoms with Crippen LogP contribution in [0.1, 0.15) is 39.2 Å². The quantitative estimate of drug-likeness (QED) is 0.273. The van der Waals surface area contributed by atoms with Crippen molar-refractivity contribution in [2.75, 3.05) is 0 Å². The predicted octanol–water partition coefficient (Wildman–Crippen LogP) is 6.69. The van der Waals surface area contributed by atoms with Crippen molar-refractivity contribution < 1.29 is 48.3 Å². The smallest absolute Gasteiger partial charge is 0.422 e. The second-order valence-corrected chi connectivity index (χ2v) is 6.21. The van der Waals surface area contributed by atoms with Gasteiger partial charge in [0.2, 0.25) is 12.2 Å². The normalized spacial score (nSPS) is 12.7. The average Bonchev–Trinajstić information content (AvgIpc) is 3.49. The van der Waals surface area contributed by atoms with Gasteiger partial charge in [-0.15, -0.1) is 10.2 Å². The van der Waals surface area contributed by atoms with E-state index in [0.717, 1.165) is 18.7 Å². The molecular formula is C19H16F10N6O. The molecule has 4 heterocycles. The SMILES string of the molecule is CC.CC.FC(F)(F)C(F)(F)c1nc(C(F)(F)C(F)(F)F)c2ccc3nc(-c4nnco4)cn3c2n1. The maximum atomic E-state index is 14.1. The fraction of sp³-hybridized carbons (Fsp3) is 0.421. The van der Waals surface area contributed by atoms with E-state index in [1.54, 1.807) is 0 Å². The van der Waals surface area contributed by atoms with Crippen LogP contribution in [0.25, 0.3) is 28.3 Å². The number of alkyl halides is 10. The number of aromatic nitrogens is 6. The number of fused-ring (bicyclic) bond motifs is 3. The van der Waals surface area contributed by atoms with Crippen LogP contribution in [0.3, 0.4) is 0 Å². The molecule has 0 aliphatic carbocycles. The zero-order valence-corrected chi connectivity index (χ0v) is 18.7. The molecule has 0 spiro atoms. The standard InChI is InChI=1S/C15H4F10N6O.2C2H6/c16-12(17,14(20,21)22)8-5-1-2-7-27-6(10-30-26-4-32-10)3-31(7)9(5)29-11(28-8)13(18,19)15(23,24)25;2*1-2/h1-4H;2*1-2H3. The molecule has 198 valence electrons. The number of nitrogens with zero attached hydrogens (tertiary/aromatic N) is 6. The van der Waals surface area contributed by atoms with Gasteiger partial charge in [-0.05, 0) is 12.1 Å². The van der Waals surface area contributed by atoms with E-state index in [-0.39, 0.29) is 17.2 Å². The van der Waals surface area contributed by atoms with Gasteiger partial charge in [-0.1, -0.05) is 27.7 Å². The number of hydrogen-bond acceptors (Lipinski definition) is 6. The zero-order valence-electron chi connectivity index (χ0n) is 18.7. The van der Waals surface area contributed by atoms with E-state index < -0.39 is 46.7 Å². The maximum Gasteiger partial charge on any atom is 0.461 e.